The number of hydrogen-bond acceptors (Lipinski definition) is 5. The van der Waals surface area contributed by atoms with E-state index in [0.29, 0.717) is 37.7 Å². The highest BCUT2D eigenvalue weighted by molar-refractivity contribution is 7.13. The Labute approximate surface area is 144 Å². The molecule has 0 atom stereocenters. The molecule has 2 aromatic rings. The minimum Gasteiger partial charge on any atom is -0.486 e. The minimum atomic E-state index is -0.0125. The first-order chi connectivity index (χ1) is 11.7. The van der Waals surface area contributed by atoms with Gasteiger partial charge < -0.3 is 14.5 Å². The van der Waals surface area contributed by atoms with Crippen molar-refractivity contribution in [1.29, 1.82) is 0 Å². The number of thiazole rings is 1. The van der Waals surface area contributed by atoms with Gasteiger partial charge in [0.1, 0.15) is 22.2 Å². The van der Waals surface area contributed by atoms with Crippen LogP contribution in [-0.2, 0) is 11.4 Å². The van der Waals surface area contributed by atoms with Crippen molar-refractivity contribution < 1.29 is 14.3 Å². The molecule has 0 aliphatic carbocycles. The molecular weight excluding hydrogens is 326 g/mol. The number of aromatic nitrogens is 1. The molecule has 0 N–H and O–H groups in total. The van der Waals surface area contributed by atoms with Crippen LogP contribution in [-0.4, -0.2) is 53.3 Å². The Morgan fingerprint density at radius 1 is 1.25 bits per heavy atom. The van der Waals surface area contributed by atoms with Gasteiger partial charge in [0.15, 0.2) is 0 Å². The topological polar surface area (TPSA) is 62.7 Å². The molecule has 0 unspecified atom stereocenters. The fraction of sp³-hybridized carbons (Fsp3) is 0.353. The Hall–Kier alpha value is -2.41. The number of ether oxygens (including phenoxy) is 1. The number of aryl methyl sites for hydroxylation is 1. The molecule has 2 amide bonds. The van der Waals surface area contributed by atoms with Gasteiger partial charge in [0.05, 0.1) is 5.69 Å². The van der Waals surface area contributed by atoms with Gasteiger partial charge in [-0.3, -0.25) is 9.59 Å². The molecule has 0 bridgehead atoms. The summed E-state index contributed by atoms with van der Waals surface area (Å²) in [6, 6.07) is 9.53. The minimum absolute atomic E-state index is 0.0125. The Morgan fingerprint density at radius 3 is 2.62 bits per heavy atom. The van der Waals surface area contributed by atoms with Crippen LogP contribution in [0.15, 0.2) is 30.3 Å². The molecule has 0 radical (unpaired) electrons. The molecular formula is C17H19N3O3S. The number of para-hydroxylation sites is 1. The zero-order valence-corrected chi connectivity index (χ0v) is 14.3. The molecule has 1 aliphatic heterocycles. The number of hydrogen-bond donors (Lipinski definition) is 0. The van der Waals surface area contributed by atoms with Crippen LogP contribution in [0.1, 0.15) is 20.4 Å². The summed E-state index contributed by atoms with van der Waals surface area (Å²) in [7, 11) is 0. The van der Waals surface area contributed by atoms with E-state index < -0.39 is 0 Å². The van der Waals surface area contributed by atoms with Crippen LogP contribution in [0.25, 0.3) is 0 Å². The molecule has 1 aliphatic rings. The summed E-state index contributed by atoms with van der Waals surface area (Å²) in [5.74, 6) is 0.768. The fourth-order valence-corrected chi connectivity index (χ4v) is 3.49. The largest absolute Gasteiger partial charge is 0.486 e. The van der Waals surface area contributed by atoms with E-state index in [9.17, 15) is 9.59 Å². The van der Waals surface area contributed by atoms with E-state index >= 15 is 0 Å². The maximum absolute atomic E-state index is 12.7. The summed E-state index contributed by atoms with van der Waals surface area (Å²) < 4.78 is 5.69. The Balaban J connectivity index is 1.63. The van der Waals surface area contributed by atoms with E-state index in [4.69, 9.17) is 4.74 Å². The van der Waals surface area contributed by atoms with Gasteiger partial charge >= 0.3 is 0 Å². The number of rotatable bonds is 5. The van der Waals surface area contributed by atoms with Crippen LogP contribution in [0.2, 0.25) is 0 Å². The number of amides is 2. The number of nitrogens with zero attached hydrogens (tertiary/aromatic N) is 3. The maximum Gasteiger partial charge on any atom is 0.265 e. The number of benzene rings is 1. The highest BCUT2D eigenvalue weighted by atomic mass is 32.1. The Bertz CT molecular complexity index is 709. The van der Waals surface area contributed by atoms with Crippen LogP contribution >= 0.6 is 11.3 Å². The third kappa shape index (κ3) is 3.73. The number of carbonyl (C=O) groups is 2. The number of carbonyl (C=O) groups excluding carboxylic acids is 2. The van der Waals surface area contributed by atoms with Crippen molar-refractivity contribution in [1.82, 2.24) is 14.8 Å². The molecule has 1 aromatic heterocycles. The van der Waals surface area contributed by atoms with Crippen molar-refractivity contribution in [2.75, 3.05) is 26.2 Å². The van der Waals surface area contributed by atoms with Gasteiger partial charge in [-0.05, 0) is 19.1 Å². The summed E-state index contributed by atoms with van der Waals surface area (Å²) in [6.07, 6.45) is 0.832. The predicted octanol–water partition coefficient (Wildman–Crippen LogP) is 1.94. The van der Waals surface area contributed by atoms with E-state index in [1.54, 1.807) is 9.80 Å². The smallest absolute Gasteiger partial charge is 0.265 e. The third-order valence-electron chi connectivity index (χ3n) is 3.89. The second-order valence-electron chi connectivity index (χ2n) is 5.56. The van der Waals surface area contributed by atoms with Crippen molar-refractivity contribution in [3.05, 3.63) is 45.9 Å². The summed E-state index contributed by atoms with van der Waals surface area (Å²) in [4.78, 5) is 32.0. The molecule has 1 fully saturated rings. The first-order valence-electron chi connectivity index (χ1n) is 7.80. The lowest BCUT2D eigenvalue weighted by Gasteiger charge is -2.32. The first-order valence-corrected chi connectivity index (χ1v) is 8.62. The van der Waals surface area contributed by atoms with E-state index in [0.717, 1.165) is 22.9 Å². The van der Waals surface area contributed by atoms with Gasteiger partial charge in [0.25, 0.3) is 5.91 Å². The van der Waals surface area contributed by atoms with Crippen molar-refractivity contribution in [3.63, 3.8) is 0 Å². The molecule has 1 saturated heterocycles. The SMILES string of the molecule is Cc1nc(COc2ccccc2)sc1C(=O)N1CCN(C=O)CC1. The second-order valence-corrected chi connectivity index (χ2v) is 6.64. The van der Waals surface area contributed by atoms with Gasteiger partial charge in [0.2, 0.25) is 6.41 Å². The molecule has 0 saturated carbocycles. The molecule has 126 valence electrons. The average Bonchev–Trinajstić information content (AvgIpc) is 3.01. The van der Waals surface area contributed by atoms with E-state index in [1.165, 1.54) is 11.3 Å². The van der Waals surface area contributed by atoms with Crippen molar-refractivity contribution in [2.24, 2.45) is 0 Å². The normalized spacial score (nSPS) is 14.5. The Kier molecular flexibility index (Phi) is 5.10. The zero-order valence-electron chi connectivity index (χ0n) is 13.5. The van der Waals surface area contributed by atoms with Crippen molar-refractivity contribution in [3.8, 4) is 5.75 Å². The van der Waals surface area contributed by atoms with Crippen LogP contribution < -0.4 is 4.74 Å². The second kappa shape index (κ2) is 7.44. The Morgan fingerprint density at radius 2 is 1.96 bits per heavy atom. The average molecular weight is 345 g/mol. The number of piperazine rings is 1. The molecule has 2 heterocycles. The van der Waals surface area contributed by atoms with E-state index in [-0.39, 0.29) is 5.91 Å². The van der Waals surface area contributed by atoms with Crippen LogP contribution in [0.4, 0.5) is 0 Å². The van der Waals surface area contributed by atoms with Gasteiger partial charge in [-0.1, -0.05) is 18.2 Å². The molecule has 3 rings (SSSR count). The lowest BCUT2D eigenvalue weighted by molar-refractivity contribution is -0.119. The standard InChI is InChI=1S/C17H19N3O3S/c1-13-16(17(22)20-9-7-19(12-21)8-10-20)24-15(18-13)11-23-14-5-3-2-4-6-14/h2-6,12H,7-11H2,1H3. The van der Waals surface area contributed by atoms with Gasteiger partial charge in [-0.15, -0.1) is 11.3 Å². The quantitative estimate of drug-likeness (QED) is 0.777. The third-order valence-corrected chi connectivity index (χ3v) is 5.01. The van der Waals surface area contributed by atoms with Crippen LogP contribution in [0.5, 0.6) is 5.75 Å². The lowest BCUT2D eigenvalue weighted by Crippen LogP contribution is -2.48. The summed E-state index contributed by atoms with van der Waals surface area (Å²) in [5.41, 5.74) is 0.731. The fourth-order valence-electron chi connectivity index (χ4n) is 2.55. The van der Waals surface area contributed by atoms with Crippen molar-refractivity contribution in [2.45, 2.75) is 13.5 Å². The summed E-state index contributed by atoms with van der Waals surface area (Å²) in [5, 5.41) is 0.784. The molecule has 6 nitrogen and oxygen atoms in total. The van der Waals surface area contributed by atoms with Crippen LogP contribution in [0, 0.1) is 6.92 Å². The van der Waals surface area contributed by atoms with Crippen molar-refractivity contribution >= 4 is 23.7 Å². The molecule has 1 aromatic carbocycles. The van der Waals surface area contributed by atoms with Gasteiger partial charge in [0, 0.05) is 26.2 Å². The molecule has 24 heavy (non-hydrogen) atoms. The highest BCUT2D eigenvalue weighted by Crippen LogP contribution is 2.22. The van der Waals surface area contributed by atoms with Gasteiger partial charge in [-0.25, -0.2) is 4.98 Å². The predicted molar refractivity (Wildman–Crippen MR) is 91.2 cm³/mol. The summed E-state index contributed by atoms with van der Waals surface area (Å²) >= 11 is 1.38. The summed E-state index contributed by atoms with van der Waals surface area (Å²) in [6.45, 7) is 4.47. The monoisotopic (exact) mass is 345 g/mol. The maximum atomic E-state index is 12.7. The van der Waals surface area contributed by atoms with Crippen LogP contribution in [0.3, 0.4) is 0 Å². The zero-order chi connectivity index (χ0) is 16.9. The van der Waals surface area contributed by atoms with E-state index in [1.807, 2.05) is 37.3 Å². The first kappa shape index (κ1) is 16.4. The lowest BCUT2D eigenvalue weighted by atomic mass is 10.3. The molecule has 0 spiro atoms. The van der Waals surface area contributed by atoms with Gasteiger partial charge in [-0.2, -0.15) is 0 Å². The molecule has 7 heteroatoms. The highest BCUT2D eigenvalue weighted by Gasteiger charge is 2.25. The van der Waals surface area contributed by atoms with E-state index in [2.05, 4.69) is 4.98 Å².